The van der Waals surface area contributed by atoms with Crippen LogP contribution in [0.3, 0.4) is 0 Å². The largest absolute Gasteiger partial charge is 0.389 e. The number of allylic oxidation sites excluding steroid dienone is 8. The molecule has 1 N–H and O–H groups in total. The minimum Gasteiger partial charge on any atom is -0.389 e. The second kappa shape index (κ2) is 30.1. The van der Waals surface area contributed by atoms with Gasteiger partial charge in [0.25, 0.3) is 0 Å². The highest BCUT2D eigenvalue weighted by Gasteiger charge is 2.52. The van der Waals surface area contributed by atoms with Crippen molar-refractivity contribution in [1.82, 2.24) is 9.80 Å². The van der Waals surface area contributed by atoms with Gasteiger partial charge in [-0.05, 0) is 98.2 Å². The molecule has 0 aromatic rings. The van der Waals surface area contributed by atoms with Gasteiger partial charge in [-0.15, -0.1) is 0 Å². The van der Waals surface area contributed by atoms with E-state index in [1.807, 2.05) is 0 Å². The number of likely N-dealkylation sites (N-methyl/N-ethyl adjacent to an activating group) is 2. The van der Waals surface area contributed by atoms with Gasteiger partial charge < -0.3 is 24.4 Å². The predicted molar refractivity (Wildman–Crippen MR) is 221 cm³/mol. The number of aliphatic hydroxyl groups excluding tert-OH is 1. The molecule has 4 unspecified atom stereocenters. The van der Waals surface area contributed by atoms with E-state index < -0.39 is 11.9 Å². The maximum Gasteiger partial charge on any atom is 0.169 e. The highest BCUT2D eigenvalue weighted by molar-refractivity contribution is 4.99. The summed E-state index contributed by atoms with van der Waals surface area (Å²) >= 11 is 0. The molecule has 0 radical (unpaired) electrons. The topological polar surface area (TPSA) is 45.2 Å². The Morgan fingerprint density at radius 3 is 1.41 bits per heavy atom. The van der Waals surface area contributed by atoms with Crippen LogP contribution in [0.2, 0.25) is 0 Å². The van der Waals surface area contributed by atoms with Gasteiger partial charge in [0.1, 0.15) is 12.2 Å². The lowest BCUT2D eigenvalue weighted by molar-refractivity contribution is -0.198. The third-order valence-corrected chi connectivity index (χ3v) is 11.0. The smallest absolute Gasteiger partial charge is 0.169 e. The van der Waals surface area contributed by atoms with Gasteiger partial charge in [-0.3, -0.25) is 0 Å². The number of nitrogens with zero attached hydrogens (tertiary/aromatic N) is 2. The lowest BCUT2D eigenvalue weighted by Gasteiger charge is -2.34. The predicted octanol–water partition coefficient (Wildman–Crippen LogP) is 12.1. The summed E-state index contributed by atoms with van der Waals surface area (Å²) < 4.78 is 13.8. The van der Waals surface area contributed by atoms with Crippen LogP contribution >= 0.6 is 0 Å². The lowest BCUT2D eigenvalue weighted by Crippen LogP contribution is -2.50. The fourth-order valence-corrected chi connectivity index (χ4v) is 7.75. The van der Waals surface area contributed by atoms with Crippen LogP contribution in [0.15, 0.2) is 48.6 Å². The van der Waals surface area contributed by atoms with Crippen molar-refractivity contribution in [3.63, 3.8) is 0 Å². The fourth-order valence-electron chi connectivity index (χ4n) is 7.75. The Morgan fingerprint density at radius 1 is 0.569 bits per heavy atom. The van der Waals surface area contributed by atoms with E-state index in [1.54, 1.807) is 0 Å². The molecule has 296 valence electrons. The molecule has 0 aromatic carbocycles. The molecule has 5 nitrogen and oxygen atoms in total. The van der Waals surface area contributed by atoms with Crippen LogP contribution < -0.4 is 0 Å². The number of hydrogen-bond donors (Lipinski definition) is 1. The maximum atomic E-state index is 11.5. The van der Waals surface area contributed by atoms with Crippen molar-refractivity contribution in [3.05, 3.63) is 48.6 Å². The van der Waals surface area contributed by atoms with Crippen molar-refractivity contribution in [3.8, 4) is 0 Å². The van der Waals surface area contributed by atoms with Crippen LogP contribution in [0, 0.1) is 0 Å². The van der Waals surface area contributed by atoms with Gasteiger partial charge in [-0.2, -0.15) is 0 Å². The second-order valence-corrected chi connectivity index (χ2v) is 16.1. The Balaban J connectivity index is 1.70. The number of ether oxygens (including phenoxy) is 2. The number of likely N-dealkylation sites (tertiary alicyclic amines) is 1. The highest BCUT2D eigenvalue weighted by atomic mass is 16.8. The number of fused-ring (bicyclic) bond motifs is 1. The van der Waals surface area contributed by atoms with Gasteiger partial charge in [0.05, 0.1) is 12.1 Å². The van der Waals surface area contributed by atoms with Gasteiger partial charge in [-0.1, -0.05) is 140 Å². The molecular weight excluding hydrogens is 629 g/mol. The SMILES string of the molecule is CCCCCC=CCC=CCCCCCCCCC1(CCCCCCCCC=CCC=CCCCCC)OC2CN(C)CC(N(C)C)C(O)C2O1. The zero-order valence-corrected chi connectivity index (χ0v) is 34.4. The summed E-state index contributed by atoms with van der Waals surface area (Å²) in [7, 11) is 6.29. The standard InChI is InChI=1S/C46H84N2O3/c1-6-8-10-12-14-16-18-20-22-24-26-28-30-32-34-36-38-46(50-43-41-48(5)40-42(47(3)4)44(49)45(43)51-46)39-37-35-33-31-29-27-25-23-21-19-17-15-13-11-9-7-2/h14-17,20-23,42-45,49H,6-13,18-19,24-41H2,1-5H3. The molecule has 2 fully saturated rings. The molecule has 2 rings (SSSR count). The summed E-state index contributed by atoms with van der Waals surface area (Å²) in [5.41, 5.74) is 0. The van der Waals surface area contributed by atoms with Gasteiger partial charge in [0, 0.05) is 25.9 Å². The van der Waals surface area contributed by atoms with E-state index in [1.165, 1.54) is 128 Å². The first-order valence-electron chi connectivity index (χ1n) is 21.9. The molecule has 2 aliphatic heterocycles. The summed E-state index contributed by atoms with van der Waals surface area (Å²) in [4.78, 5) is 4.47. The second-order valence-electron chi connectivity index (χ2n) is 16.1. The molecule has 0 spiro atoms. The van der Waals surface area contributed by atoms with E-state index in [2.05, 4.69) is 93.4 Å². The van der Waals surface area contributed by atoms with Crippen LogP contribution in [-0.2, 0) is 9.47 Å². The minimum atomic E-state index is -0.546. The summed E-state index contributed by atoms with van der Waals surface area (Å²) in [5, 5.41) is 11.5. The van der Waals surface area contributed by atoms with E-state index in [-0.39, 0.29) is 18.2 Å². The zero-order chi connectivity index (χ0) is 36.8. The molecule has 2 saturated heterocycles. The first kappa shape index (κ1) is 45.9. The third-order valence-electron chi connectivity index (χ3n) is 11.0. The van der Waals surface area contributed by atoms with Crippen molar-refractivity contribution >= 4 is 0 Å². The molecule has 0 amide bonds. The maximum absolute atomic E-state index is 11.5. The average molecular weight is 713 g/mol. The third kappa shape index (κ3) is 21.3. The first-order chi connectivity index (χ1) is 24.9. The van der Waals surface area contributed by atoms with Crippen LogP contribution in [0.5, 0.6) is 0 Å². The number of unbranched alkanes of at least 4 members (excludes halogenated alkanes) is 18. The Hall–Kier alpha value is -1.24. The van der Waals surface area contributed by atoms with E-state index in [4.69, 9.17) is 9.47 Å². The molecular formula is C46H84N2O3. The Morgan fingerprint density at radius 2 is 0.980 bits per heavy atom. The normalized spacial score (nSPS) is 24.7. The van der Waals surface area contributed by atoms with Gasteiger partial charge >= 0.3 is 0 Å². The quantitative estimate of drug-likeness (QED) is 0.0573. The van der Waals surface area contributed by atoms with Crippen LogP contribution in [0.1, 0.15) is 181 Å². The summed E-state index contributed by atoms with van der Waals surface area (Å²) in [6, 6.07) is 0.0492. The van der Waals surface area contributed by atoms with Crippen molar-refractivity contribution in [1.29, 1.82) is 0 Å². The van der Waals surface area contributed by atoms with Crippen LogP contribution in [0.4, 0.5) is 0 Å². The number of aliphatic hydroxyl groups is 1. The van der Waals surface area contributed by atoms with Crippen LogP contribution in [-0.4, -0.2) is 79.3 Å². The number of rotatable bonds is 31. The average Bonchev–Trinajstić information content (AvgIpc) is 3.42. The monoisotopic (exact) mass is 713 g/mol. The molecule has 4 atom stereocenters. The van der Waals surface area contributed by atoms with Gasteiger partial charge in [0.2, 0.25) is 0 Å². The molecule has 51 heavy (non-hydrogen) atoms. The Labute approximate surface area is 317 Å². The van der Waals surface area contributed by atoms with Crippen LogP contribution in [0.25, 0.3) is 0 Å². The molecule has 2 heterocycles. The van der Waals surface area contributed by atoms with Crippen molar-refractivity contribution in [2.75, 3.05) is 34.2 Å². The van der Waals surface area contributed by atoms with E-state index >= 15 is 0 Å². The van der Waals surface area contributed by atoms with E-state index in [0.717, 1.165) is 51.6 Å². The van der Waals surface area contributed by atoms with Crippen molar-refractivity contribution in [2.45, 2.75) is 211 Å². The highest BCUT2D eigenvalue weighted by Crippen LogP contribution is 2.41. The first-order valence-corrected chi connectivity index (χ1v) is 21.9. The minimum absolute atomic E-state index is 0.0492. The molecule has 0 aromatic heterocycles. The molecule has 2 aliphatic rings. The van der Waals surface area contributed by atoms with Crippen molar-refractivity contribution < 1.29 is 14.6 Å². The lowest BCUT2D eigenvalue weighted by atomic mass is 9.98. The molecule has 0 aliphatic carbocycles. The van der Waals surface area contributed by atoms with E-state index in [0.29, 0.717) is 0 Å². The Bertz CT molecular complexity index is 879. The van der Waals surface area contributed by atoms with E-state index in [9.17, 15) is 5.11 Å². The summed E-state index contributed by atoms with van der Waals surface area (Å²) in [6.07, 6.45) is 49.9. The van der Waals surface area contributed by atoms with Gasteiger partial charge in [0.15, 0.2) is 5.79 Å². The van der Waals surface area contributed by atoms with Crippen molar-refractivity contribution in [2.24, 2.45) is 0 Å². The fraction of sp³-hybridized carbons (Fsp3) is 0.826. The van der Waals surface area contributed by atoms with Gasteiger partial charge in [-0.25, -0.2) is 0 Å². The zero-order valence-electron chi connectivity index (χ0n) is 34.4. The molecule has 0 saturated carbocycles. The Kier molecular flexibility index (Phi) is 27.1. The molecule has 0 bridgehead atoms. The summed E-state index contributed by atoms with van der Waals surface area (Å²) in [6.45, 7) is 6.18. The summed E-state index contributed by atoms with van der Waals surface area (Å²) in [5.74, 6) is -0.546. The molecule has 5 heteroatoms. The number of hydrogen-bond acceptors (Lipinski definition) is 5.